The topological polar surface area (TPSA) is 119 Å². The van der Waals surface area contributed by atoms with Crippen LogP contribution >= 0.6 is 11.8 Å². The Labute approximate surface area is 159 Å². The molecule has 1 fully saturated rings. The third-order valence-electron chi connectivity index (χ3n) is 4.61. The normalized spacial score (nSPS) is 14.9. The number of carbonyl (C=O) groups is 2. The van der Waals surface area contributed by atoms with Gasteiger partial charge in [-0.15, -0.1) is 11.8 Å². The third kappa shape index (κ3) is 3.95. The number of likely N-dealkylation sites (tertiary alicyclic amines) is 1. The maximum absolute atomic E-state index is 12.8. The van der Waals surface area contributed by atoms with Crippen LogP contribution in [0.1, 0.15) is 39.6 Å². The highest BCUT2D eigenvalue weighted by molar-refractivity contribution is 7.98. The van der Waals surface area contributed by atoms with Gasteiger partial charge in [-0.05, 0) is 31.2 Å². The number of nitrogens with zero attached hydrogens (tertiary/aromatic N) is 4. The van der Waals surface area contributed by atoms with E-state index in [1.807, 2.05) is 6.26 Å². The largest absolute Gasteiger partial charge is 0.478 e. The number of rotatable bonds is 5. The number of carboxylic acid groups (broad SMARTS) is 1. The van der Waals surface area contributed by atoms with E-state index in [1.54, 1.807) is 21.7 Å². The highest BCUT2D eigenvalue weighted by Gasteiger charge is 2.29. The van der Waals surface area contributed by atoms with Crippen molar-refractivity contribution in [3.05, 3.63) is 51.8 Å². The molecule has 1 N–H and O–H groups in total. The molecule has 0 unspecified atom stereocenters. The molecule has 1 aliphatic rings. The first-order valence-electron chi connectivity index (χ1n) is 8.30. The number of benzene rings is 1. The van der Waals surface area contributed by atoms with Crippen molar-refractivity contribution < 1.29 is 19.6 Å². The van der Waals surface area contributed by atoms with Crippen molar-refractivity contribution in [2.45, 2.75) is 23.8 Å². The SMILES string of the molecule is CSc1ccc([N+](=O)[O-])c(C(=O)N2CCC(n3cc(C(=O)O)cn3)CC2)c1. The number of carbonyl (C=O) groups excluding carboxylic acids is 1. The van der Waals surface area contributed by atoms with E-state index in [-0.39, 0.29) is 28.8 Å². The number of amides is 1. The van der Waals surface area contributed by atoms with E-state index in [1.165, 1.54) is 30.2 Å². The molecule has 1 saturated heterocycles. The molecule has 1 aliphatic heterocycles. The highest BCUT2D eigenvalue weighted by atomic mass is 32.2. The summed E-state index contributed by atoms with van der Waals surface area (Å²) in [5.41, 5.74) is 0.0219. The van der Waals surface area contributed by atoms with Gasteiger partial charge in [-0.2, -0.15) is 5.10 Å². The number of hydrogen-bond donors (Lipinski definition) is 1. The number of nitro benzene ring substituents is 1. The van der Waals surface area contributed by atoms with Crippen LogP contribution < -0.4 is 0 Å². The molecule has 2 heterocycles. The lowest BCUT2D eigenvalue weighted by Crippen LogP contribution is -2.39. The summed E-state index contributed by atoms with van der Waals surface area (Å²) in [6.45, 7) is 0.846. The highest BCUT2D eigenvalue weighted by Crippen LogP contribution is 2.28. The summed E-state index contributed by atoms with van der Waals surface area (Å²) in [5.74, 6) is -1.39. The van der Waals surface area contributed by atoms with Crippen molar-refractivity contribution in [2.75, 3.05) is 19.3 Å². The molecular formula is C17H18N4O5S. The van der Waals surface area contributed by atoms with Crippen LogP contribution in [-0.4, -0.2) is 55.9 Å². The van der Waals surface area contributed by atoms with Crippen molar-refractivity contribution in [1.29, 1.82) is 0 Å². The van der Waals surface area contributed by atoms with E-state index >= 15 is 0 Å². The molecular weight excluding hydrogens is 372 g/mol. The second-order valence-electron chi connectivity index (χ2n) is 6.18. The first kappa shape index (κ1) is 18.9. The Morgan fingerprint density at radius 3 is 2.59 bits per heavy atom. The second-order valence-corrected chi connectivity index (χ2v) is 7.06. The Kier molecular flexibility index (Phi) is 5.45. The van der Waals surface area contributed by atoms with Gasteiger partial charge in [0, 0.05) is 30.2 Å². The molecule has 1 amide bonds. The zero-order chi connectivity index (χ0) is 19.6. The minimum absolute atomic E-state index is 0.00494. The lowest BCUT2D eigenvalue weighted by Gasteiger charge is -2.32. The van der Waals surface area contributed by atoms with Crippen LogP contribution in [0.2, 0.25) is 0 Å². The molecule has 0 aliphatic carbocycles. The molecule has 0 saturated carbocycles. The van der Waals surface area contributed by atoms with Crippen LogP contribution in [0.5, 0.6) is 0 Å². The van der Waals surface area contributed by atoms with Crippen LogP contribution in [0.25, 0.3) is 0 Å². The number of carboxylic acids is 1. The van der Waals surface area contributed by atoms with Gasteiger partial charge in [0.1, 0.15) is 5.56 Å². The summed E-state index contributed by atoms with van der Waals surface area (Å²) in [5, 5.41) is 24.3. The van der Waals surface area contributed by atoms with Crippen LogP contribution in [0.4, 0.5) is 5.69 Å². The molecule has 0 bridgehead atoms. The second kappa shape index (κ2) is 7.78. The van der Waals surface area contributed by atoms with Crippen molar-refractivity contribution >= 4 is 29.3 Å². The summed E-state index contributed by atoms with van der Waals surface area (Å²) in [6, 6.07) is 4.55. The van der Waals surface area contributed by atoms with Crippen molar-refractivity contribution in [3.8, 4) is 0 Å². The summed E-state index contributed by atoms with van der Waals surface area (Å²) in [7, 11) is 0. The molecule has 1 aromatic heterocycles. The summed E-state index contributed by atoms with van der Waals surface area (Å²) < 4.78 is 1.61. The lowest BCUT2D eigenvalue weighted by molar-refractivity contribution is -0.385. The average Bonchev–Trinajstić information content (AvgIpc) is 3.17. The van der Waals surface area contributed by atoms with Gasteiger partial charge < -0.3 is 10.0 Å². The quantitative estimate of drug-likeness (QED) is 0.473. The van der Waals surface area contributed by atoms with Gasteiger partial charge in [0.15, 0.2) is 0 Å². The van der Waals surface area contributed by atoms with Gasteiger partial charge in [0.25, 0.3) is 11.6 Å². The number of aromatic carboxylic acids is 1. The van der Waals surface area contributed by atoms with E-state index in [4.69, 9.17) is 5.11 Å². The predicted molar refractivity (Wildman–Crippen MR) is 98.2 cm³/mol. The number of aromatic nitrogens is 2. The number of hydrogen-bond acceptors (Lipinski definition) is 6. The average molecular weight is 390 g/mol. The fraction of sp³-hybridized carbons (Fsp3) is 0.353. The van der Waals surface area contributed by atoms with Crippen LogP contribution in [0, 0.1) is 10.1 Å². The maximum atomic E-state index is 12.8. The van der Waals surface area contributed by atoms with Crippen molar-refractivity contribution in [2.24, 2.45) is 0 Å². The number of nitro groups is 1. The summed E-state index contributed by atoms with van der Waals surface area (Å²) in [4.78, 5) is 36.9. The minimum Gasteiger partial charge on any atom is -0.478 e. The fourth-order valence-electron chi connectivity index (χ4n) is 3.12. The zero-order valence-electron chi connectivity index (χ0n) is 14.6. The van der Waals surface area contributed by atoms with Gasteiger partial charge >= 0.3 is 5.97 Å². The van der Waals surface area contributed by atoms with Gasteiger partial charge in [0.05, 0.1) is 22.7 Å². The zero-order valence-corrected chi connectivity index (χ0v) is 15.4. The monoisotopic (exact) mass is 390 g/mol. The number of piperidine rings is 1. The molecule has 27 heavy (non-hydrogen) atoms. The first-order valence-corrected chi connectivity index (χ1v) is 9.52. The van der Waals surface area contributed by atoms with Crippen LogP contribution in [-0.2, 0) is 0 Å². The third-order valence-corrected chi connectivity index (χ3v) is 5.33. The smallest absolute Gasteiger partial charge is 0.338 e. The Morgan fingerprint density at radius 1 is 1.33 bits per heavy atom. The van der Waals surface area contributed by atoms with Crippen molar-refractivity contribution in [3.63, 3.8) is 0 Å². The Bertz CT molecular complexity index is 889. The molecule has 2 aromatic rings. The van der Waals surface area contributed by atoms with E-state index in [0.29, 0.717) is 25.9 Å². The van der Waals surface area contributed by atoms with E-state index in [0.717, 1.165) is 4.90 Å². The Hall–Kier alpha value is -2.88. The Morgan fingerprint density at radius 2 is 2.04 bits per heavy atom. The summed E-state index contributed by atoms with van der Waals surface area (Å²) >= 11 is 1.42. The van der Waals surface area contributed by atoms with Gasteiger partial charge in [-0.3, -0.25) is 19.6 Å². The molecule has 3 rings (SSSR count). The molecule has 10 heteroatoms. The number of thioether (sulfide) groups is 1. The minimum atomic E-state index is -1.03. The standard InChI is InChI=1S/C17H18N4O5S/c1-27-13-2-3-15(21(25)26)14(8-13)16(22)19-6-4-12(5-7-19)20-10-11(9-18-20)17(23)24/h2-3,8-10,12H,4-7H2,1H3,(H,23,24). The van der Waals surface area contributed by atoms with Crippen LogP contribution in [0.3, 0.4) is 0 Å². The predicted octanol–water partition coefficient (Wildman–Crippen LogP) is 2.69. The maximum Gasteiger partial charge on any atom is 0.338 e. The molecule has 0 atom stereocenters. The van der Waals surface area contributed by atoms with Gasteiger partial charge in [0.2, 0.25) is 0 Å². The summed E-state index contributed by atoms with van der Waals surface area (Å²) in [6.07, 6.45) is 5.83. The van der Waals surface area contributed by atoms with E-state index in [9.17, 15) is 19.7 Å². The van der Waals surface area contributed by atoms with E-state index in [2.05, 4.69) is 5.10 Å². The van der Waals surface area contributed by atoms with Crippen LogP contribution in [0.15, 0.2) is 35.5 Å². The molecule has 0 spiro atoms. The first-order chi connectivity index (χ1) is 12.9. The molecule has 9 nitrogen and oxygen atoms in total. The lowest BCUT2D eigenvalue weighted by atomic mass is 10.0. The molecule has 0 radical (unpaired) electrons. The van der Waals surface area contributed by atoms with Gasteiger partial charge in [-0.25, -0.2) is 4.79 Å². The van der Waals surface area contributed by atoms with Crippen molar-refractivity contribution in [1.82, 2.24) is 14.7 Å². The fourth-order valence-corrected chi connectivity index (χ4v) is 3.56. The van der Waals surface area contributed by atoms with E-state index < -0.39 is 10.9 Å². The van der Waals surface area contributed by atoms with Gasteiger partial charge in [-0.1, -0.05) is 0 Å². The molecule has 1 aromatic carbocycles. The molecule has 142 valence electrons. The Balaban J connectivity index is 1.73.